The Kier molecular flexibility index (Phi) is 9.73. The van der Waals surface area contributed by atoms with Crippen LogP contribution in [0.15, 0.2) is 58.3 Å². The number of nitrogens with zero attached hydrogens (tertiary/aromatic N) is 2. The summed E-state index contributed by atoms with van der Waals surface area (Å²) in [4.78, 5) is 0.0111. The van der Waals surface area contributed by atoms with E-state index in [0.29, 0.717) is 11.1 Å². The lowest BCUT2D eigenvalue weighted by molar-refractivity contribution is 0.217. The third-order valence-electron chi connectivity index (χ3n) is 4.72. The fourth-order valence-corrected chi connectivity index (χ4v) is 5.93. The summed E-state index contributed by atoms with van der Waals surface area (Å²) in [6.45, 7) is -2.04. The Morgan fingerprint density at radius 1 is 0.500 bits per heavy atom. The van der Waals surface area contributed by atoms with E-state index in [2.05, 4.69) is 0 Å². The van der Waals surface area contributed by atoms with Crippen molar-refractivity contribution in [1.29, 1.82) is 0 Å². The van der Waals surface area contributed by atoms with Crippen molar-refractivity contribution in [2.75, 3.05) is 52.6 Å². The Morgan fingerprint density at radius 2 is 0.750 bits per heavy atom. The Labute approximate surface area is 188 Å². The second-order valence-corrected chi connectivity index (χ2v) is 10.6. The monoisotopic (exact) mass is 488 g/mol. The van der Waals surface area contributed by atoms with E-state index in [1.54, 1.807) is 24.3 Å². The van der Waals surface area contributed by atoms with Crippen LogP contribution in [0.2, 0.25) is 0 Å². The zero-order valence-corrected chi connectivity index (χ0v) is 19.0. The van der Waals surface area contributed by atoms with Gasteiger partial charge in [0.1, 0.15) is 0 Å². The highest BCUT2D eigenvalue weighted by atomic mass is 32.2. The predicted octanol–water partition coefficient (Wildman–Crippen LogP) is -0.696. The highest BCUT2D eigenvalue weighted by molar-refractivity contribution is 7.89. The van der Waals surface area contributed by atoms with Gasteiger partial charge in [-0.2, -0.15) is 8.61 Å². The molecule has 0 unspecified atom stereocenters. The largest absolute Gasteiger partial charge is 0.395 e. The van der Waals surface area contributed by atoms with Gasteiger partial charge in [0.2, 0.25) is 20.0 Å². The average molecular weight is 489 g/mol. The third-order valence-corrected chi connectivity index (χ3v) is 8.54. The molecule has 0 aromatic heterocycles. The molecule has 0 bridgehead atoms. The van der Waals surface area contributed by atoms with E-state index < -0.39 is 20.0 Å². The molecule has 12 heteroatoms. The lowest BCUT2D eigenvalue weighted by Crippen LogP contribution is -2.35. The molecule has 0 fully saturated rings. The number of benzene rings is 2. The molecular weight excluding hydrogens is 460 g/mol. The normalized spacial score (nSPS) is 12.6. The minimum Gasteiger partial charge on any atom is -0.395 e. The molecule has 0 radical (unpaired) electrons. The van der Waals surface area contributed by atoms with Crippen molar-refractivity contribution < 1.29 is 37.3 Å². The van der Waals surface area contributed by atoms with Crippen LogP contribution >= 0.6 is 0 Å². The molecule has 2 aromatic rings. The molecule has 0 amide bonds. The molecule has 0 heterocycles. The molecule has 32 heavy (non-hydrogen) atoms. The van der Waals surface area contributed by atoms with Crippen LogP contribution in [0.1, 0.15) is 0 Å². The summed E-state index contributed by atoms with van der Waals surface area (Å²) in [7, 11) is -7.77. The minimum atomic E-state index is -3.88. The van der Waals surface area contributed by atoms with Gasteiger partial charge in [-0.25, -0.2) is 16.8 Å². The van der Waals surface area contributed by atoms with Gasteiger partial charge in [0.15, 0.2) is 0 Å². The van der Waals surface area contributed by atoms with E-state index in [0.717, 1.165) is 8.61 Å². The molecule has 4 N–H and O–H groups in total. The Balaban J connectivity index is 2.27. The SMILES string of the molecule is O=S(=O)(c1ccc(-c2ccc(S(=O)(=O)N(CCO)CCO)cc2)cc1)N(CCO)CCO. The molecule has 0 spiro atoms. The van der Waals surface area contributed by atoms with Crippen LogP contribution in [0, 0.1) is 0 Å². The first-order chi connectivity index (χ1) is 15.2. The molecule has 2 rings (SSSR count). The van der Waals surface area contributed by atoms with E-state index in [1.807, 2.05) is 0 Å². The number of aliphatic hydroxyl groups is 4. The molecule has 0 atom stereocenters. The first kappa shape index (κ1) is 26.4. The van der Waals surface area contributed by atoms with Crippen molar-refractivity contribution in [1.82, 2.24) is 8.61 Å². The molecular formula is C20H28N2O8S2. The fraction of sp³-hybridized carbons (Fsp3) is 0.400. The number of hydrogen-bond donors (Lipinski definition) is 4. The number of sulfonamides is 2. The molecule has 0 saturated heterocycles. The van der Waals surface area contributed by atoms with Crippen molar-refractivity contribution in [3.8, 4) is 11.1 Å². The quantitative estimate of drug-likeness (QED) is 0.289. The van der Waals surface area contributed by atoms with Crippen molar-refractivity contribution >= 4 is 20.0 Å². The van der Waals surface area contributed by atoms with Crippen LogP contribution in [0.25, 0.3) is 11.1 Å². The van der Waals surface area contributed by atoms with Gasteiger partial charge in [-0.3, -0.25) is 0 Å². The van der Waals surface area contributed by atoms with Crippen LogP contribution in [0.3, 0.4) is 0 Å². The van der Waals surface area contributed by atoms with Gasteiger partial charge in [-0.1, -0.05) is 24.3 Å². The van der Waals surface area contributed by atoms with Gasteiger partial charge in [0.05, 0.1) is 36.2 Å². The molecule has 2 aromatic carbocycles. The van der Waals surface area contributed by atoms with Crippen molar-refractivity contribution in [3.63, 3.8) is 0 Å². The van der Waals surface area contributed by atoms with E-state index >= 15 is 0 Å². The van der Waals surface area contributed by atoms with Crippen molar-refractivity contribution in [2.45, 2.75) is 9.79 Å². The van der Waals surface area contributed by atoms with Crippen LogP contribution in [-0.2, 0) is 20.0 Å². The summed E-state index contributed by atoms with van der Waals surface area (Å²) < 4.78 is 52.7. The number of aliphatic hydroxyl groups excluding tert-OH is 4. The predicted molar refractivity (Wildman–Crippen MR) is 118 cm³/mol. The topological polar surface area (TPSA) is 156 Å². The summed E-state index contributed by atoms with van der Waals surface area (Å²) in [5.74, 6) is 0. The summed E-state index contributed by atoms with van der Waals surface area (Å²) in [6.07, 6.45) is 0. The van der Waals surface area contributed by atoms with Crippen LogP contribution in [0.4, 0.5) is 0 Å². The van der Waals surface area contributed by atoms with Gasteiger partial charge >= 0.3 is 0 Å². The summed E-state index contributed by atoms with van der Waals surface area (Å²) in [6, 6.07) is 11.9. The van der Waals surface area contributed by atoms with Gasteiger partial charge in [-0.15, -0.1) is 0 Å². The second-order valence-electron chi connectivity index (χ2n) is 6.75. The number of rotatable bonds is 13. The fourth-order valence-electron chi connectivity index (χ4n) is 3.09. The van der Waals surface area contributed by atoms with E-state index in [4.69, 9.17) is 20.4 Å². The molecule has 178 valence electrons. The van der Waals surface area contributed by atoms with Crippen LogP contribution in [0.5, 0.6) is 0 Å². The van der Waals surface area contributed by atoms with Crippen LogP contribution < -0.4 is 0 Å². The highest BCUT2D eigenvalue weighted by Gasteiger charge is 2.25. The minimum absolute atomic E-state index is 0.00555. The first-order valence-electron chi connectivity index (χ1n) is 9.86. The van der Waals surface area contributed by atoms with E-state index in [-0.39, 0.29) is 62.4 Å². The molecule has 10 nitrogen and oxygen atoms in total. The first-order valence-corrected chi connectivity index (χ1v) is 12.7. The van der Waals surface area contributed by atoms with Crippen molar-refractivity contribution in [2.24, 2.45) is 0 Å². The molecule has 0 aliphatic heterocycles. The van der Waals surface area contributed by atoms with Crippen molar-refractivity contribution in [3.05, 3.63) is 48.5 Å². The number of hydrogen-bond acceptors (Lipinski definition) is 8. The average Bonchev–Trinajstić information content (AvgIpc) is 2.79. The zero-order chi connectivity index (χ0) is 23.8. The highest BCUT2D eigenvalue weighted by Crippen LogP contribution is 2.25. The summed E-state index contributed by atoms with van der Waals surface area (Å²) in [5, 5.41) is 36.3. The summed E-state index contributed by atoms with van der Waals surface area (Å²) in [5.41, 5.74) is 1.32. The smallest absolute Gasteiger partial charge is 0.243 e. The molecule has 0 saturated carbocycles. The standard InChI is InChI=1S/C20H28N2O8S2/c23-13-9-21(10-14-24)31(27,28)19-5-1-17(2-6-19)18-3-7-20(8-4-18)32(29,30)22(11-15-25)12-16-26/h1-8,23-26H,9-16H2. The maximum absolute atomic E-state index is 12.7. The van der Waals surface area contributed by atoms with Gasteiger partial charge in [0.25, 0.3) is 0 Å². The lowest BCUT2D eigenvalue weighted by Gasteiger charge is -2.20. The van der Waals surface area contributed by atoms with E-state index in [9.17, 15) is 16.8 Å². The maximum Gasteiger partial charge on any atom is 0.243 e. The Hall–Kier alpha value is -1.90. The lowest BCUT2D eigenvalue weighted by atomic mass is 10.1. The Morgan fingerprint density at radius 3 is 0.969 bits per heavy atom. The molecule has 0 aliphatic carbocycles. The zero-order valence-electron chi connectivity index (χ0n) is 17.4. The van der Waals surface area contributed by atoms with E-state index in [1.165, 1.54) is 24.3 Å². The van der Waals surface area contributed by atoms with Gasteiger partial charge < -0.3 is 20.4 Å². The Bertz CT molecular complexity index is 956. The maximum atomic E-state index is 12.7. The van der Waals surface area contributed by atoms with Gasteiger partial charge in [-0.05, 0) is 35.4 Å². The third kappa shape index (κ3) is 6.11. The second kappa shape index (κ2) is 11.8. The van der Waals surface area contributed by atoms with Crippen LogP contribution in [-0.4, -0.2) is 98.5 Å². The van der Waals surface area contributed by atoms with Gasteiger partial charge in [0, 0.05) is 26.2 Å². The molecule has 0 aliphatic rings. The summed E-state index contributed by atoms with van der Waals surface area (Å²) >= 11 is 0.